The summed E-state index contributed by atoms with van der Waals surface area (Å²) in [5.41, 5.74) is 2.41. The van der Waals surface area contributed by atoms with E-state index >= 15 is 0 Å². The van der Waals surface area contributed by atoms with Gasteiger partial charge in [0.25, 0.3) is 11.8 Å². The Labute approximate surface area is 168 Å². The molecule has 2 aliphatic rings. The average Bonchev–Trinajstić information content (AvgIpc) is 3.06. The summed E-state index contributed by atoms with van der Waals surface area (Å²) in [6.07, 6.45) is 0.606. The molecule has 8 nitrogen and oxygen atoms in total. The molecular formula is C20H21N3O5S. The van der Waals surface area contributed by atoms with E-state index in [0.717, 1.165) is 5.56 Å². The highest BCUT2D eigenvalue weighted by atomic mass is 32.2. The van der Waals surface area contributed by atoms with Crippen LogP contribution in [0.15, 0.2) is 42.5 Å². The van der Waals surface area contributed by atoms with E-state index in [1.165, 1.54) is 4.31 Å². The molecule has 0 spiro atoms. The van der Waals surface area contributed by atoms with Crippen LogP contribution in [-0.4, -0.2) is 39.1 Å². The molecule has 0 saturated carbocycles. The number of nitrogens with zero attached hydrogens (tertiary/aromatic N) is 1. The average molecular weight is 415 g/mol. The number of ether oxygens (including phenoxy) is 1. The Kier molecular flexibility index (Phi) is 4.91. The molecule has 2 aliphatic heterocycles. The maximum absolute atomic E-state index is 12.6. The second kappa shape index (κ2) is 7.40. The van der Waals surface area contributed by atoms with Gasteiger partial charge in [-0.25, -0.2) is 8.42 Å². The van der Waals surface area contributed by atoms with Crippen LogP contribution in [0.4, 0.5) is 11.4 Å². The van der Waals surface area contributed by atoms with Crippen molar-refractivity contribution in [2.75, 3.05) is 28.5 Å². The maximum atomic E-state index is 12.6. The van der Waals surface area contributed by atoms with Crippen LogP contribution in [0.3, 0.4) is 0 Å². The standard InChI is InChI=1S/C20H21N3O5S/c1-13(15-5-8-18-17(11-15)22-19(24)12-28-18)21-20(25)14-3-6-16(7-4-14)23-9-2-10-29(23,26)27/h3-8,11,13H,2,9-10,12H2,1H3,(H,21,25)(H,22,24). The molecule has 0 bridgehead atoms. The lowest BCUT2D eigenvalue weighted by atomic mass is 10.1. The van der Waals surface area contributed by atoms with Crippen LogP contribution in [0.2, 0.25) is 0 Å². The van der Waals surface area contributed by atoms with Crippen LogP contribution in [0, 0.1) is 0 Å². The number of sulfonamides is 1. The fourth-order valence-electron chi connectivity index (χ4n) is 3.44. The van der Waals surface area contributed by atoms with Crippen molar-refractivity contribution < 1.29 is 22.7 Å². The zero-order valence-electron chi connectivity index (χ0n) is 15.8. The fourth-order valence-corrected chi connectivity index (χ4v) is 5.01. The van der Waals surface area contributed by atoms with E-state index in [2.05, 4.69) is 10.6 Å². The summed E-state index contributed by atoms with van der Waals surface area (Å²) in [6, 6.07) is 11.6. The van der Waals surface area contributed by atoms with Crippen LogP contribution in [-0.2, 0) is 14.8 Å². The molecular weight excluding hydrogens is 394 g/mol. The number of fused-ring (bicyclic) bond motifs is 1. The molecule has 29 heavy (non-hydrogen) atoms. The normalized spacial score (nSPS) is 18.4. The molecule has 1 atom stereocenters. The van der Waals surface area contributed by atoms with Crippen molar-refractivity contribution in [1.82, 2.24) is 5.32 Å². The highest BCUT2D eigenvalue weighted by Gasteiger charge is 2.28. The molecule has 1 unspecified atom stereocenters. The van der Waals surface area contributed by atoms with E-state index in [9.17, 15) is 18.0 Å². The maximum Gasteiger partial charge on any atom is 0.262 e. The van der Waals surface area contributed by atoms with Crippen LogP contribution >= 0.6 is 0 Å². The van der Waals surface area contributed by atoms with Crippen molar-refractivity contribution in [3.8, 4) is 5.75 Å². The highest BCUT2D eigenvalue weighted by molar-refractivity contribution is 7.93. The molecule has 152 valence electrons. The molecule has 2 amide bonds. The Hall–Kier alpha value is -3.07. The van der Waals surface area contributed by atoms with E-state index in [1.54, 1.807) is 36.4 Å². The van der Waals surface area contributed by atoms with Gasteiger partial charge in [-0.15, -0.1) is 0 Å². The third-order valence-corrected chi connectivity index (χ3v) is 6.87. The minimum atomic E-state index is -3.25. The summed E-state index contributed by atoms with van der Waals surface area (Å²) in [5.74, 6) is 0.260. The van der Waals surface area contributed by atoms with Crippen molar-refractivity contribution in [2.45, 2.75) is 19.4 Å². The lowest BCUT2D eigenvalue weighted by Gasteiger charge is -2.21. The van der Waals surface area contributed by atoms with Crippen LogP contribution in [0.5, 0.6) is 5.75 Å². The number of benzene rings is 2. The molecule has 2 N–H and O–H groups in total. The molecule has 2 aromatic rings. The number of amides is 2. The number of anilines is 2. The third-order valence-electron chi connectivity index (χ3n) is 5.00. The van der Waals surface area contributed by atoms with E-state index < -0.39 is 10.0 Å². The Bertz CT molecular complexity index is 1070. The van der Waals surface area contributed by atoms with Gasteiger partial charge in [0.05, 0.1) is 23.2 Å². The first-order chi connectivity index (χ1) is 13.8. The number of carbonyl (C=O) groups excluding carboxylic acids is 2. The summed E-state index contributed by atoms with van der Waals surface area (Å²) in [6.45, 7) is 2.30. The van der Waals surface area contributed by atoms with Crippen molar-refractivity contribution in [3.05, 3.63) is 53.6 Å². The van der Waals surface area contributed by atoms with Gasteiger partial charge in [-0.3, -0.25) is 13.9 Å². The summed E-state index contributed by atoms with van der Waals surface area (Å²) in [4.78, 5) is 24.1. The molecule has 4 rings (SSSR count). The van der Waals surface area contributed by atoms with Gasteiger partial charge in [0.2, 0.25) is 10.0 Å². The summed E-state index contributed by atoms with van der Waals surface area (Å²) in [5, 5.41) is 5.66. The van der Waals surface area contributed by atoms with Gasteiger partial charge >= 0.3 is 0 Å². The van der Waals surface area contributed by atoms with Crippen molar-refractivity contribution in [2.24, 2.45) is 0 Å². The number of rotatable bonds is 4. The lowest BCUT2D eigenvalue weighted by molar-refractivity contribution is -0.118. The number of hydrogen-bond acceptors (Lipinski definition) is 5. The number of nitrogens with one attached hydrogen (secondary N) is 2. The van der Waals surface area contributed by atoms with Gasteiger partial charge in [0.1, 0.15) is 5.75 Å². The molecule has 2 aromatic carbocycles. The van der Waals surface area contributed by atoms with Gasteiger partial charge < -0.3 is 15.4 Å². The largest absolute Gasteiger partial charge is 0.482 e. The Balaban J connectivity index is 1.45. The summed E-state index contributed by atoms with van der Waals surface area (Å²) in [7, 11) is -3.25. The second-order valence-electron chi connectivity index (χ2n) is 7.08. The summed E-state index contributed by atoms with van der Waals surface area (Å²) < 4.78 is 30.8. The Morgan fingerprint density at radius 1 is 1.21 bits per heavy atom. The van der Waals surface area contributed by atoms with Crippen molar-refractivity contribution in [1.29, 1.82) is 0 Å². The zero-order chi connectivity index (χ0) is 20.6. The molecule has 1 saturated heterocycles. The van der Waals surface area contributed by atoms with Gasteiger partial charge in [-0.05, 0) is 55.3 Å². The lowest BCUT2D eigenvalue weighted by Crippen LogP contribution is -2.28. The quantitative estimate of drug-likeness (QED) is 0.795. The molecule has 0 aliphatic carbocycles. The van der Waals surface area contributed by atoms with Crippen molar-refractivity contribution in [3.63, 3.8) is 0 Å². The SMILES string of the molecule is CC(NC(=O)c1ccc(N2CCCS2(=O)=O)cc1)c1ccc2c(c1)NC(=O)CO2. The van der Waals surface area contributed by atoms with E-state index in [1.807, 2.05) is 13.0 Å². The molecule has 0 aromatic heterocycles. The van der Waals surface area contributed by atoms with Gasteiger partial charge in [0.15, 0.2) is 6.61 Å². The van der Waals surface area contributed by atoms with E-state index in [0.29, 0.717) is 35.7 Å². The predicted molar refractivity (Wildman–Crippen MR) is 109 cm³/mol. The predicted octanol–water partition coefficient (Wildman–Crippen LogP) is 2.05. The van der Waals surface area contributed by atoms with Crippen LogP contribution in [0.1, 0.15) is 35.3 Å². The molecule has 9 heteroatoms. The number of hydrogen-bond donors (Lipinski definition) is 2. The third kappa shape index (κ3) is 3.91. The molecule has 2 heterocycles. The van der Waals surface area contributed by atoms with Crippen LogP contribution in [0.25, 0.3) is 0 Å². The first kappa shape index (κ1) is 19.3. The van der Waals surface area contributed by atoms with E-state index in [4.69, 9.17) is 4.74 Å². The fraction of sp³-hybridized carbons (Fsp3) is 0.300. The van der Waals surface area contributed by atoms with Gasteiger partial charge in [0, 0.05) is 12.1 Å². The van der Waals surface area contributed by atoms with Crippen LogP contribution < -0.4 is 19.7 Å². The topological polar surface area (TPSA) is 105 Å². The highest BCUT2D eigenvalue weighted by Crippen LogP contribution is 2.30. The minimum absolute atomic E-state index is 0.00659. The smallest absolute Gasteiger partial charge is 0.262 e. The summed E-state index contributed by atoms with van der Waals surface area (Å²) >= 11 is 0. The minimum Gasteiger partial charge on any atom is -0.482 e. The van der Waals surface area contributed by atoms with Gasteiger partial charge in [-0.1, -0.05) is 6.07 Å². The molecule has 0 radical (unpaired) electrons. The Morgan fingerprint density at radius 3 is 2.66 bits per heavy atom. The first-order valence-electron chi connectivity index (χ1n) is 9.31. The van der Waals surface area contributed by atoms with E-state index in [-0.39, 0.29) is 30.2 Å². The number of carbonyl (C=O) groups is 2. The van der Waals surface area contributed by atoms with Gasteiger partial charge in [-0.2, -0.15) is 0 Å². The first-order valence-corrected chi connectivity index (χ1v) is 10.9. The second-order valence-corrected chi connectivity index (χ2v) is 9.09. The Morgan fingerprint density at radius 2 is 1.97 bits per heavy atom. The van der Waals surface area contributed by atoms with Crippen molar-refractivity contribution >= 4 is 33.2 Å². The monoisotopic (exact) mass is 415 g/mol. The zero-order valence-corrected chi connectivity index (χ0v) is 16.7. The molecule has 1 fully saturated rings.